The van der Waals surface area contributed by atoms with Crippen LogP contribution in [0.2, 0.25) is 5.02 Å². The molecule has 1 aliphatic rings. The van der Waals surface area contributed by atoms with Gasteiger partial charge in [0.1, 0.15) is 0 Å². The first kappa shape index (κ1) is 16.1. The number of halogens is 2. The van der Waals surface area contributed by atoms with E-state index in [4.69, 9.17) is 16.3 Å². The zero-order valence-corrected chi connectivity index (χ0v) is 14.9. The Morgan fingerprint density at radius 2 is 2.00 bits per heavy atom. The van der Waals surface area contributed by atoms with Crippen LogP contribution in [0.4, 0.5) is 0 Å². The number of benzene rings is 2. The van der Waals surface area contributed by atoms with Crippen LogP contribution in [0.15, 0.2) is 52.6 Å². The Morgan fingerprint density at radius 1 is 1.26 bits per heavy atom. The zero-order chi connectivity index (χ0) is 16.4. The van der Waals surface area contributed by atoms with Crippen LogP contribution in [0.25, 0.3) is 5.57 Å². The van der Waals surface area contributed by atoms with Gasteiger partial charge in [-0.25, -0.2) is 4.79 Å². The second-order valence-electron chi connectivity index (χ2n) is 5.30. The largest absolute Gasteiger partial charge is 0.465 e. The average Bonchev–Trinajstić information content (AvgIpc) is 2.91. The van der Waals surface area contributed by atoms with Crippen molar-refractivity contribution in [3.63, 3.8) is 0 Å². The number of nitrogens with one attached hydrogen (secondary N) is 1. The van der Waals surface area contributed by atoms with Crippen LogP contribution < -0.4 is 5.32 Å². The van der Waals surface area contributed by atoms with Crippen molar-refractivity contribution in [2.75, 3.05) is 7.11 Å². The van der Waals surface area contributed by atoms with E-state index >= 15 is 0 Å². The lowest BCUT2D eigenvalue weighted by Crippen LogP contribution is -2.16. The molecular weight excluding hydrogens is 378 g/mol. The summed E-state index contributed by atoms with van der Waals surface area (Å²) in [5, 5.41) is 4.08. The molecule has 1 aliphatic carbocycles. The summed E-state index contributed by atoms with van der Waals surface area (Å²) in [6.45, 7) is 0.627. The van der Waals surface area contributed by atoms with Crippen LogP contribution in [0.3, 0.4) is 0 Å². The van der Waals surface area contributed by atoms with Crippen molar-refractivity contribution in [1.29, 1.82) is 0 Å². The normalized spacial score (nSPS) is 13.0. The molecule has 0 saturated heterocycles. The third kappa shape index (κ3) is 3.43. The predicted molar refractivity (Wildman–Crippen MR) is 95.1 cm³/mol. The molecule has 0 saturated carbocycles. The summed E-state index contributed by atoms with van der Waals surface area (Å²) in [6.07, 6.45) is 0.687. The van der Waals surface area contributed by atoms with Crippen LogP contribution in [0, 0.1) is 0 Å². The molecule has 0 spiro atoms. The molecule has 0 atom stereocenters. The second kappa shape index (κ2) is 6.77. The molecule has 2 aromatic rings. The highest BCUT2D eigenvalue weighted by atomic mass is 79.9. The van der Waals surface area contributed by atoms with Crippen LogP contribution in [0.1, 0.15) is 16.7 Å². The molecule has 23 heavy (non-hydrogen) atoms. The standard InChI is InChI=1S/C18H15BrClNO2/c1-23-18(22)17-15-7-4-13(19)8-12(15)9-16(17)21-10-11-2-5-14(20)6-3-11/h2-8,21H,9-10H2,1H3. The fraction of sp³-hybridized carbons (Fsp3) is 0.167. The maximum Gasteiger partial charge on any atom is 0.340 e. The van der Waals surface area contributed by atoms with Gasteiger partial charge in [0.15, 0.2) is 0 Å². The number of ether oxygens (including phenoxy) is 1. The Hall–Kier alpha value is -1.78. The molecule has 0 radical (unpaired) electrons. The highest BCUT2D eigenvalue weighted by Gasteiger charge is 2.27. The number of rotatable bonds is 4. The number of fused-ring (bicyclic) bond motifs is 1. The van der Waals surface area contributed by atoms with E-state index in [1.165, 1.54) is 7.11 Å². The monoisotopic (exact) mass is 391 g/mol. The Labute approximate surface area is 148 Å². The molecule has 0 unspecified atom stereocenters. The Bertz CT molecular complexity index is 784. The van der Waals surface area contributed by atoms with Crippen LogP contribution >= 0.6 is 27.5 Å². The van der Waals surface area contributed by atoms with Gasteiger partial charge >= 0.3 is 5.97 Å². The number of methoxy groups -OCH3 is 1. The van der Waals surface area contributed by atoms with Gasteiger partial charge in [0.25, 0.3) is 0 Å². The van der Waals surface area contributed by atoms with E-state index in [9.17, 15) is 4.79 Å². The molecule has 0 bridgehead atoms. The van der Waals surface area contributed by atoms with Crippen molar-refractivity contribution >= 4 is 39.1 Å². The van der Waals surface area contributed by atoms with Crippen LogP contribution in [-0.4, -0.2) is 13.1 Å². The van der Waals surface area contributed by atoms with Crippen molar-refractivity contribution in [2.45, 2.75) is 13.0 Å². The van der Waals surface area contributed by atoms with Gasteiger partial charge in [-0.05, 0) is 41.0 Å². The lowest BCUT2D eigenvalue weighted by atomic mass is 10.1. The molecule has 3 rings (SSSR count). The van der Waals surface area contributed by atoms with Crippen molar-refractivity contribution in [2.24, 2.45) is 0 Å². The van der Waals surface area contributed by atoms with Crippen LogP contribution in [-0.2, 0) is 22.5 Å². The second-order valence-corrected chi connectivity index (χ2v) is 6.66. The number of esters is 1. The fourth-order valence-electron chi connectivity index (χ4n) is 2.69. The smallest absolute Gasteiger partial charge is 0.340 e. The zero-order valence-electron chi connectivity index (χ0n) is 12.5. The Balaban J connectivity index is 1.86. The van der Waals surface area contributed by atoms with E-state index in [-0.39, 0.29) is 5.97 Å². The van der Waals surface area contributed by atoms with Gasteiger partial charge in [-0.3, -0.25) is 0 Å². The van der Waals surface area contributed by atoms with E-state index < -0.39 is 0 Å². The summed E-state index contributed by atoms with van der Waals surface area (Å²) < 4.78 is 5.95. The van der Waals surface area contributed by atoms with Crippen LogP contribution in [0.5, 0.6) is 0 Å². The lowest BCUT2D eigenvalue weighted by molar-refractivity contribution is -0.133. The minimum absolute atomic E-state index is 0.315. The molecule has 118 valence electrons. The predicted octanol–water partition coefficient (Wildman–Crippen LogP) is 4.33. The topological polar surface area (TPSA) is 38.3 Å². The summed E-state index contributed by atoms with van der Waals surface area (Å²) >= 11 is 9.38. The van der Waals surface area contributed by atoms with E-state index in [0.29, 0.717) is 23.6 Å². The minimum Gasteiger partial charge on any atom is -0.465 e. The van der Waals surface area contributed by atoms with Crippen molar-refractivity contribution in [3.8, 4) is 0 Å². The van der Waals surface area contributed by atoms with Crippen molar-refractivity contribution in [3.05, 3.63) is 74.3 Å². The van der Waals surface area contributed by atoms with Gasteiger partial charge in [0.2, 0.25) is 0 Å². The Morgan fingerprint density at radius 3 is 2.70 bits per heavy atom. The fourth-order valence-corrected chi connectivity index (χ4v) is 3.23. The summed E-state index contributed by atoms with van der Waals surface area (Å²) in [4.78, 5) is 12.2. The SMILES string of the molecule is COC(=O)C1=C(NCc2ccc(Cl)cc2)Cc2cc(Br)ccc21. The van der Waals surface area contributed by atoms with Gasteiger partial charge < -0.3 is 10.1 Å². The molecule has 0 aliphatic heterocycles. The van der Waals surface area contributed by atoms with Crippen molar-refractivity contribution in [1.82, 2.24) is 5.32 Å². The van der Waals surface area contributed by atoms with E-state index in [2.05, 4.69) is 21.2 Å². The Kier molecular flexibility index (Phi) is 4.74. The minimum atomic E-state index is -0.315. The maximum absolute atomic E-state index is 12.2. The first-order chi connectivity index (χ1) is 11.1. The van der Waals surface area contributed by atoms with Gasteiger partial charge in [0, 0.05) is 28.2 Å². The highest BCUT2D eigenvalue weighted by Crippen LogP contribution is 2.34. The van der Waals surface area contributed by atoms with E-state index in [0.717, 1.165) is 26.9 Å². The summed E-state index contributed by atoms with van der Waals surface area (Å²) in [5.41, 5.74) is 4.64. The molecule has 0 aromatic heterocycles. The third-order valence-electron chi connectivity index (χ3n) is 3.81. The summed E-state index contributed by atoms with van der Waals surface area (Å²) in [6, 6.07) is 13.6. The molecule has 0 heterocycles. The summed E-state index contributed by atoms with van der Waals surface area (Å²) in [5.74, 6) is -0.315. The molecule has 1 N–H and O–H groups in total. The lowest BCUT2D eigenvalue weighted by Gasteiger charge is -2.10. The molecule has 3 nitrogen and oxygen atoms in total. The molecule has 2 aromatic carbocycles. The number of allylic oxidation sites excluding steroid dienone is 1. The van der Waals surface area contributed by atoms with Gasteiger partial charge in [0.05, 0.1) is 12.7 Å². The molecule has 0 amide bonds. The quantitative estimate of drug-likeness (QED) is 0.787. The number of hydrogen-bond acceptors (Lipinski definition) is 3. The molecular formula is C18H15BrClNO2. The molecule has 0 fully saturated rings. The first-order valence-corrected chi connectivity index (χ1v) is 8.34. The van der Waals surface area contributed by atoms with E-state index in [1.54, 1.807) is 0 Å². The van der Waals surface area contributed by atoms with Crippen molar-refractivity contribution < 1.29 is 9.53 Å². The van der Waals surface area contributed by atoms with Gasteiger partial charge in [-0.1, -0.05) is 45.7 Å². The highest BCUT2D eigenvalue weighted by molar-refractivity contribution is 9.10. The molecule has 5 heteroatoms. The number of hydrogen-bond donors (Lipinski definition) is 1. The number of carbonyl (C=O) groups excluding carboxylic acids is 1. The van der Waals surface area contributed by atoms with E-state index in [1.807, 2.05) is 42.5 Å². The average molecular weight is 393 g/mol. The summed E-state index contributed by atoms with van der Waals surface area (Å²) in [7, 11) is 1.41. The maximum atomic E-state index is 12.2. The third-order valence-corrected chi connectivity index (χ3v) is 4.56. The van der Waals surface area contributed by atoms with Gasteiger partial charge in [-0.2, -0.15) is 0 Å². The first-order valence-electron chi connectivity index (χ1n) is 7.17. The van der Waals surface area contributed by atoms with Gasteiger partial charge in [-0.15, -0.1) is 0 Å². The number of carbonyl (C=O) groups is 1.